The molecule has 5 nitrogen and oxygen atoms in total. The van der Waals surface area contributed by atoms with Crippen molar-refractivity contribution in [2.75, 3.05) is 20.1 Å². The van der Waals surface area contributed by atoms with Crippen molar-refractivity contribution in [3.8, 4) is 0 Å². The molecule has 1 aromatic rings. The van der Waals surface area contributed by atoms with Gasteiger partial charge in [0.15, 0.2) is 0 Å². The van der Waals surface area contributed by atoms with Crippen molar-refractivity contribution in [1.29, 1.82) is 0 Å². The second-order valence-corrected chi connectivity index (χ2v) is 6.39. The minimum absolute atomic E-state index is 0.0399. The molecule has 0 radical (unpaired) electrons. The molecule has 0 saturated heterocycles. The summed E-state index contributed by atoms with van der Waals surface area (Å²) in [6.07, 6.45) is 2.51. The van der Waals surface area contributed by atoms with Crippen molar-refractivity contribution in [2.24, 2.45) is 0 Å². The van der Waals surface area contributed by atoms with Crippen LogP contribution in [0.1, 0.15) is 26.0 Å². The molecule has 1 unspecified atom stereocenters. The van der Waals surface area contributed by atoms with E-state index in [1.54, 1.807) is 24.4 Å². The molecule has 0 bridgehead atoms. The van der Waals surface area contributed by atoms with Gasteiger partial charge in [0.2, 0.25) is 10.0 Å². The monoisotopic (exact) mass is 285 g/mol. The van der Waals surface area contributed by atoms with Gasteiger partial charge < -0.3 is 5.32 Å². The molecule has 19 heavy (non-hydrogen) atoms. The summed E-state index contributed by atoms with van der Waals surface area (Å²) in [7, 11) is -1.46. The predicted molar refractivity (Wildman–Crippen MR) is 77.2 cm³/mol. The van der Waals surface area contributed by atoms with Crippen LogP contribution in [0.25, 0.3) is 0 Å². The van der Waals surface area contributed by atoms with Crippen LogP contribution >= 0.6 is 0 Å². The molecule has 1 heterocycles. The van der Waals surface area contributed by atoms with Crippen molar-refractivity contribution >= 4 is 10.0 Å². The Labute approximate surface area is 116 Å². The van der Waals surface area contributed by atoms with E-state index in [2.05, 4.69) is 10.3 Å². The van der Waals surface area contributed by atoms with Crippen LogP contribution in [-0.2, 0) is 15.8 Å². The molecule has 0 aliphatic carbocycles. The van der Waals surface area contributed by atoms with E-state index in [9.17, 15) is 8.42 Å². The zero-order chi connectivity index (χ0) is 14.3. The molecule has 108 valence electrons. The zero-order valence-electron chi connectivity index (χ0n) is 11.8. The lowest BCUT2D eigenvalue weighted by molar-refractivity contribution is 0.368. The summed E-state index contributed by atoms with van der Waals surface area (Å²) < 4.78 is 26.2. The summed E-state index contributed by atoms with van der Waals surface area (Å²) in [5.41, 5.74) is 0.582. The van der Waals surface area contributed by atoms with Gasteiger partial charge in [-0.2, -0.15) is 0 Å². The standard InChI is InChI=1S/C13H23N3O2S/c1-4-12(14-3)10-16(5-2)19(17,18)11-13-8-6-7-9-15-13/h6-9,12,14H,4-5,10-11H2,1-3H3. The smallest absolute Gasteiger partial charge is 0.219 e. The van der Waals surface area contributed by atoms with E-state index >= 15 is 0 Å². The van der Waals surface area contributed by atoms with Crippen LogP contribution in [0, 0.1) is 0 Å². The number of hydrogen-bond donors (Lipinski definition) is 1. The van der Waals surface area contributed by atoms with E-state index < -0.39 is 10.0 Å². The van der Waals surface area contributed by atoms with E-state index in [4.69, 9.17) is 0 Å². The highest BCUT2D eigenvalue weighted by Crippen LogP contribution is 2.10. The molecular weight excluding hydrogens is 262 g/mol. The first-order chi connectivity index (χ1) is 9.03. The lowest BCUT2D eigenvalue weighted by Crippen LogP contribution is -2.42. The van der Waals surface area contributed by atoms with Crippen molar-refractivity contribution in [1.82, 2.24) is 14.6 Å². The van der Waals surface area contributed by atoms with Crippen LogP contribution in [0.3, 0.4) is 0 Å². The van der Waals surface area contributed by atoms with Crippen LogP contribution in [0.4, 0.5) is 0 Å². The molecule has 0 aromatic carbocycles. The molecule has 0 saturated carbocycles. The Morgan fingerprint density at radius 2 is 2.11 bits per heavy atom. The lowest BCUT2D eigenvalue weighted by Gasteiger charge is -2.25. The van der Waals surface area contributed by atoms with Gasteiger partial charge in [0.05, 0.1) is 5.69 Å². The first-order valence-electron chi connectivity index (χ1n) is 6.58. The number of sulfonamides is 1. The van der Waals surface area contributed by atoms with Crippen LogP contribution in [-0.4, -0.2) is 43.9 Å². The highest BCUT2D eigenvalue weighted by molar-refractivity contribution is 7.88. The maximum Gasteiger partial charge on any atom is 0.219 e. The fourth-order valence-corrected chi connectivity index (χ4v) is 3.40. The number of likely N-dealkylation sites (N-methyl/N-ethyl adjacent to an activating group) is 2. The largest absolute Gasteiger partial charge is 0.316 e. The summed E-state index contributed by atoms with van der Waals surface area (Å²) in [5.74, 6) is -0.0399. The third-order valence-electron chi connectivity index (χ3n) is 3.13. The van der Waals surface area contributed by atoms with Gasteiger partial charge in [-0.15, -0.1) is 0 Å². The third-order valence-corrected chi connectivity index (χ3v) is 4.98. The number of nitrogens with zero attached hydrogens (tertiary/aromatic N) is 2. The second kappa shape index (κ2) is 7.57. The van der Waals surface area contributed by atoms with Gasteiger partial charge in [-0.05, 0) is 25.6 Å². The van der Waals surface area contributed by atoms with Gasteiger partial charge in [0.25, 0.3) is 0 Å². The minimum atomic E-state index is -3.31. The van der Waals surface area contributed by atoms with E-state index in [0.717, 1.165) is 6.42 Å². The molecule has 1 N–H and O–H groups in total. The number of rotatable bonds is 8. The predicted octanol–water partition coefficient (Wildman–Crippen LogP) is 1.23. The maximum atomic E-state index is 12.4. The Bertz CT molecular complexity index is 458. The first kappa shape index (κ1) is 16.1. The van der Waals surface area contributed by atoms with Crippen LogP contribution in [0.5, 0.6) is 0 Å². The Hall–Kier alpha value is -0.980. The Morgan fingerprint density at radius 3 is 2.58 bits per heavy atom. The highest BCUT2D eigenvalue weighted by atomic mass is 32.2. The minimum Gasteiger partial charge on any atom is -0.316 e. The molecule has 0 amide bonds. The number of hydrogen-bond acceptors (Lipinski definition) is 4. The number of nitrogens with one attached hydrogen (secondary N) is 1. The lowest BCUT2D eigenvalue weighted by atomic mass is 10.2. The van der Waals surface area contributed by atoms with E-state index in [0.29, 0.717) is 18.8 Å². The van der Waals surface area contributed by atoms with Crippen molar-refractivity contribution < 1.29 is 8.42 Å². The third kappa shape index (κ3) is 4.89. The summed E-state index contributed by atoms with van der Waals surface area (Å²) in [4.78, 5) is 4.08. The average Bonchev–Trinajstić information content (AvgIpc) is 2.40. The van der Waals surface area contributed by atoms with Crippen molar-refractivity contribution in [2.45, 2.75) is 32.1 Å². The van der Waals surface area contributed by atoms with E-state index in [-0.39, 0.29) is 11.8 Å². The van der Waals surface area contributed by atoms with Gasteiger partial charge >= 0.3 is 0 Å². The Kier molecular flexibility index (Phi) is 6.41. The number of aromatic nitrogens is 1. The van der Waals surface area contributed by atoms with Crippen LogP contribution in [0.15, 0.2) is 24.4 Å². The summed E-state index contributed by atoms with van der Waals surface area (Å²) in [6, 6.07) is 5.50. The van der Waals surface area contributed by atoms with Gasteiger partial charge in [-0.25, -0.2) is 12.7 Å². The van der Waals surface area contributed by atoms with Crippen LogP contribution < -0.4 is 5.32 Å². The molecule has 6 heteroatoms. The Balaban J connectivity index is 2.78. The second-order valence-electron chi connectivity index (χ2n) is 4.42. The van der Waals surface area contributed by atoms with Crippen molar-refractivity contribution in [3.05, 3.63) is 30.1 Å². The topological polar surface area (TPSA) is 62.3 Å². The quantitative estimate of drug-likeness (QED) is 0.780. The van der Waals surface area contributed by atoms with Gasteiger partial charge in [0.1, 0.15) is 5.75 Å². The number of pyridine rings is 1. The summed E-state index contributed by atoms with van der Waals surface area (Å²) in [5, 5.41) is 3.13. The first-order valence-corrected chi connectivity index (χ1v) is 8.19. The molecule has 0 spiro atoms. The highest BCUT2D eigenvalue weighted by Gasteiger charge is 2.23. The van der Waals surface area contributed by atoms with E-state index in [1.807, 2.05) is 20.9 Å². The fourth-order valence-electron chi connectivity index (χ4n) is 1.87. The molecule has 1 atom stereocenters. The zero-order valence-corrected chi connectivity index (χ0v) is 12.7. The Morgan fingerprint density at radius 1 is 1.37 bits per heavy atom. The van der Waals surface area contributed by atoms with Gasteiger partial charge in [-0.1, -0.05) is 19.9 Å². The maximum absolute atomic E-state index is 12.4. The molecular formula is C13H23N3O2S. The molecule has 1 rings (SSSR count). The normalized spacial score (nSPS) is 13.7. The molecule has 0 aliphatic rings. The average molecular weight is 285 g/mol. The summed E-state index contributed by atoms with van der Waals surface area (Å²) >= 11 is 0. The van der Waals surface area contributed by atoms with Gasteiger partial charge in [-0.3, -0.25) is 4.98 Å². The molecule has 1 aromatic heterocycles. The summed E-state index contributed by atoms with van der Waals surface area (Å²) in [6.45, 7) is 4.88. The molecule has 0 aliphatic heterocycles. The van der Waals surface area contributed by atoms with Crippen molar-refractivity contribution in [3.63, 3.8) is 0 Å². The van der Waals surface area contributed by atoms with E-state index in [1.165, 1.54) is 4.31 Å². The SMILES string of the molecule is CCC(CN(CC)S(=O)(=O)Cc1ccccn1)NC. The molecule has 0 fully saturated rings. The fraction of sp³-hybridized carbons (Fsp3) is 0.615. The van der Waals surface area contributed by atoms with Gasteiger partial charge in [0, 0.05) is 25.3 Å². The van der Waals surface area contributed by atoms with Crippen LogP contribution in [0.2, 0.25) is 0 Å².